The lowest BCUT2D eigenvalue weighted by Crippen LogP contribution is -2.44. The van der Waals surface area contributed by atoms with Crippen molar-refractivity contribution in [3.05, 3.63) is 132 Å². The number of benzene rings is 3. The number of aromatic nitrogens is 4. The molecule has 2 aromatic heterocycles. The van der Waals surface area contributed by atoms with Gasteiger partial charge in [-0.15, -0.1) is 0 Å². The number of carbonyl (C=O) groups excluding carboxylic acids is 1. The van der Waals surface area contributed by atoms with Crippen LogP contribution in [0.15, 0.2) is 91.2 Å². The van der Waals surface area contributed by atoms with Crippen molar-refractivity contribution in [1.29, 1.82) is 0 Å². The van der Waals surface area contributed by atoms with Crippen LogP contribution in [0.3, 0.4) is 0 Å². The fraction of sp³-hybridized carbons (Fsp3) is 0.206. The maximum Gasteiger partial charge on any atom is 0.439 e. The van der Waals surface area contributed by atoms with Gasteiger partial charge in [-0.1, -0.05) is 48.0 Å². The number of allylic oxidation sites excluding steroid dienone is 1. The van der Waals surface area contributed by atoms with Gasteiger partial charge in [0.2, 0.25) is 0 Å². The second-order valence-electron chi connectivity index (χ2n) is 10.6. The number of aromatic amines is 1. The number of nitrogens with one attached hydrogen (secondary N) is 1. The molecular weight excluding hydrogens is 579 g/mol. The minimum Gasteiger partial charge on any atom is -0.497 e. The SMILES string of the molecule is CC/C(C)=C/c1c(C)n(Cc2ccc(-c3ccc(F)cc3-c3noc(=O)[nH]3)cc2)c(=O)n(CC(=O)c2ccc(OC)cc2)c1=O. The number of carbonyl (C=O) groups is 1. The highest BCUT2D eigenvalue weighted by molar-refractivity contribution is 5.96. The van der Waals surface area contributed by atoms with Gasteiger partial charge < -0.3 is 4.74 Å². The molecule has 0 aliphatic rings. The third kappa shape index (κ3) is 6.52. The second kappa shape index (κ2) is 13.0. The topological polar surface area (TPSA) is 129 Å². The van der Waals surface area contributed by atoms with E-state index in [-0.39, 0.29) is 18.2 Å². The number of methoxy groups -OCH3 is 1. The van der Waals surface area contributed by atoms with Crippen LogP contribution >= 0.6 is 0 Å². The van der Waals surface area contributed by atoms with E-state index < -0.39 is 29.4 Å². The fourth-order valence-corrected chi connectivity index (χ4v) is 4.96. The molecule has 5 aromatic rings. The van der Waals surface area contributed by atoms with Crippen molar-refractivity contribution in [2.24, 2.45) is 0 Å². The Kier molecular flexibility index (Phi) is 8.89. The summed E-state index contributed by atoms with van der Waals surface area (Å²) in [4.78, 5) is 54.5. The number of nitrogens with zero attached hydrogens (tertiary/aromatic N) is 3. The van der Waals surface area contributed by atoms with Crippen LogP contribution in [0.1, 0.15) is 47.4 Å². The van der Waals surface area contributed by atoms with Crippen molar-refractivity contribution in [3.8, 4) is 28.3 Å². The lowest BCUT2D eigenvalue weighted by atomic mass is 9.98. The summed E-state index contributed by atoms with van der Waals surface area (Å²) in [5, 5.41) is 3.69. The first-order valence-corrected chi connectivity index (χ1v) is 14.2. The van der Waals surface area contributed by atoms with Crippen LogP contribution in [0.25, 0.3) is 28.6 Å². The Bertz CT molecular complexity index is 2080. The summed E-state index contributed by atoms with van der Waals surface area (Å²) in [5.41, 5.74) is 3.37. The normalized spacial score (nSPS) is 11.5. The van der Waals surface area contributed by atoms with E-state index >= 15 is 0 Å². The molecule has 0 saturated heterocycles. The number of ether oxygens (including phenoxy) is 1. The predicted octanol–water partition coefficient (Wildman–Crippen LogP) is 5.22. The number of rotatable bonds is 10. The summed E-state index contributed by atoms with van der Waals surface area (Å²) in [6, 6.07) is 17.8. The lowest BCUT2D eigenvalue weighted by molar-refractivity contribution is 0.0968. The molecule has 0 spiro atoms. The zero-order chi connectivity index (χ0) is 32.2. The van der Waals surface area contributed by atoms with Crippen molar-refractivity contribution in [2.75, 3.05) is 7.11 Å². The maximum absolute atomic E-state index is 14.1. The molecule has 0 unspecified atom stereocenters. The molecule has 3 aromatic carbocycles. The fourth-order valence-electron chi connectivity index (χ4n) is 4.96. The number of halogens is 1. The Hall–Kier alpha value is -5.58. The van der Waals surface area contributed by atoms with Gasteiger partial charge in [-0.25, -0.2) is 14.0 Å². The number of hydrogen-bond donors (Lipinski definition) is 1. The maximum atomic E-state index is 14.1. The van der Waals surface area contributed by atoms with E-state index in [4.69, 9.17) is 4.74 Å². The molecule has 0 amide bonds. The molecule has 0 radical (unpaired) electrons. The molecule has 0 saturated carbocycles. The third-order valence-corrected chi connectivity index (χ3v) is 7.68. The summed E-state index contributed by atoms with van der Waals surface area (Å²) in [6.07, 6.45) is 2.47. The first kappa shape index (κ1) is 30.9. The Labute approximate surface area is 257 Å². The first-order chi connectivity index (χ1) is 21.6. The van der Waals surface area contributed by atoms with Gasteiger partial charge in [0.25, 0.3) is 5.56 Å². The quantitative estimate of drug-likeness (QED) is 0.215. The van der Waals surface area contributed by atoms with Crippen molar-refractivity contribution < 1.29 is 18.4 Å². The first-order valence-electron chi connectivity index (χ1n) is 14.2. The zero-order valence-electron chi connectivity index (χ0n) is 25.2. The molecule has 0 atom stereocenters. The molecule has 0 aliphatic carbocycles. The van der Waals surface area contributed by atoms with Crippen LogP contribution in [-0.2, 0) is 13.1 Å². The Morgan fingerprint density at radius 1 is 1.00 bits per heavy atom. The molecule has 230 valence electrons. The standard InChI is InChI=1S/C34H31FN4O6/c1-5-20(2)16-28-21(3)38(34(43)39(32(28)41)19-30(40)24-10-13-26(44-4)14-11-24)18-22-6-8-23(9-7-22)27-15-12-25(35)17-29(27)31-36-33(42)45-37-31/h6-17H,5,18-19H2,1-4H3,(H,36,37,42)/b20-16+. The molecule has 2 heterocycles. The second-order valence-corrected chi connectivity index (χ2v) is 10.6. The highest BCUT2D eigenvalue weighted by Crippen LogP contribution is 2.31. The van der Waals surface area contributed by atoms with E-state index in [0.29, 0.717) is 45.7 Å². The van der Waals surface area contributed by atoms with E-state index in [1.54, 1.807) is 55.5 Å². The number of ketones is 1. The number of Topliss-reactive ketones (excluding diaryl/α,β-unsaturated/α-hetero) is 1. The largest absolute Gasteiger partial charge is 0.497 e. The summed E-state index contributed by atoms with van der Waals surface area (Å²) < 4.78 is 26.3. The summed E-state index contributed by atoms with van der Waals surface area (Å²) in [6.45, 7) is 5.29. The van der Waals surface area contributed by atoms with Crippen LogP contribution in [0.2, 0.25) is 0 Å². The van der Waals surface area contributed by atoms with Crippen molar-refractivity contribution in [1.82, 2.24) is 19.3 Å². The molecule has 0 aliphatic heterocycles. The van der Waals surface area contributed by atoms with Gasteiger partial charge in [-0.3, -0.25) is 28.2 Å². The average Bonchev–Trinajstić information content (AvgIpc) is 3.49. The molecule has 0 bridgehead atoms. The van der Waals surface area contributed by atoms with E-state index in [2.05, 4.69) is 14.7 Å². The zero-order valence-corrected chi connectivity index (χ0v) is 25.2. The van der Waals surface area contributed by atoms with Gasteiger partial charge in [0.1, 0.15) is 11.6 Å². The molecule has 45 heavy (non-hydrogen) atoms. The van der Waals surface area contributed by atoms with Gasteiger partial charge in [0.05, 0.1) is 25.8 Å². The van der Waals surface area contributed by atoms with E-state index in [9.17, 15) is 23.6 Å². The number of H-pyrrole nitrogens is 1. The van der Waals surface area contributed by atoms with Gasteiger partial charge in [-0.2, -0.15) is 0 Å². The molecule has 0 fully saturated rings. The average molecular weight is 611 g/mol. The summed E-state index contributed by atoms with van der Waals surface area (Å²) >= 11 is 0. The van der Waals surface area contributed by atoms with Crippen LogP contribution in [0.4, 0.5) is 4.39 Å². The summed E-state index contributed by atoms with van der Waals surface area (Å²) in [7, 11) is 1.52. The Morgan fingerprint density at radius 3 is 2.33 bits per heavy atom. The van der Waals surface area contributed by atoms with E-state index in [1.165, 1.54) is 23.8 Å². The van der Waals surface area contributed by atoms with Crippen molar-refractivity contribution >= 4 is 11.9 Å². The molecular formula is C34H31FN4O6. The van der Waals surface area contributed by atoms with Gasteiger partial charge in [0, 0.05) is 16.8 Å². The smallest absolute Gasteiger partial charge is 0.439 e. The number of hydrogen-bond acceptors (Lipinski definition) is 7. The van der Waals surface area contributed by atoms with E-state index in [1.807, 2.05) is 26.0 Å². The van der Waals surface area contributed by atoms with Gasteiger partial charge >= 0.3 is 11.4 Å². The highest BCUT2D eigenvalue weighted by Gasteiger charge is 2.19. The molecule has 10 nitrogen and oxygen atoms in total. The Morgan fingerprint density at radius 2 is 1.71 bits per heavy atom. The van der Waals surface area contributed by atoms with E-state index in [0.717, 1.165) is 15.7 Å². The molecule has 11 heteroatoms. The van der Waals surface area contributed by atoms with Crippen molar-refractivity contribution in [3.63, 3.8) is 0 Å². The predicted molar refractivity (Wildman–Crippen MR) is 168 cm³/mol. The van der Waals surface area contributed by atoms with Crippen molar-refractivity contribution in [2.45, 2.75) is 40.3 Å². The lowest BCUT2D eigenvalue weighted by Gasteiger charge is -2.17. The third-order valence-electron chi connectivity index (χ3n) is 7.68. The molecule has 5 rings (SSSR count). The van der Waals surface area contributed by atoms with Gasteiger partial charge in [-0.05, 0) is 79.4 Å². The van der Waals surface area contributed by atoms with Crippen LogP contribution in [0, 0.1) is 12.7 Å². The monoisotopic (exact) mass is 610 g/mol. The molecule has 1 N–H and O–H groups in total. The highest BCUT2D eigenvalue weighted by atomic mass is 19.1. The van der Waals surface area contributed by atoms with Crippen LogP contribution in [-0.4, -0.2) is 32.2 Å². The Balaban J connectivity index is 1.53. The van der Waals surface area contributed by atoms with Crippen LogP contribution in [0.5, 0.6) is 5.75 Å². The van der Waals surface area contributed by atoms with Gasteiger partial charge in [0.15, 0.2) is 11.6 Å². The summed E-state index contributed by atoms with van der Waals surface area (Å²) in [5.74, 6) is -0.976. The van der Waals surface area contributed by atoms with Crippen LogP contribution < -0.4 is 21.7 Å². The minimum absolute atomic E-state index is 0.0927. The minimum atomic E-state index is -0.758.